The Morgan fingerprint density at radius 3 is 2.22 bits per heavy atom. The highest BCUT2D eigenvalue weighted by Crippen LogP contribution is 2.43. The maximum absolute atomic E-state index is 4.97. The average molecular weight is 262 g/mol. The van der Waals surface area contributed by atoms with E-state index in [0.717, 1.165) is 0 Å². The zero-order valence-corrected chi connectivity index (χ0v) is 12.7. The molecule has 1 aliphatic heterocycles. The molecule has 0 spiro atoms. The topological polar surface area (TPSA) is 15.6 Å². The van der Waals surface area contributed by atoms with E-state index in [9.17, 15) is 0 Å². The molecule has 1 aromatic rings. The molecular weight excluding hydrogens is 240 g/mol. The van der Waals surface area contributed by atoms with Crippen LogP contribution < -0.4 is 0 Å². The Labute approximate surface area is 114 Å². The van der Waals surface area contributed by atoms with Gasteiger partial charge in [0.1, 0.15) is 6.04 Å². The molecule has 98 valence electrons. The minimum absolute atomic E-state index is 0.141. The van der Waals surface area contributed by atoms with E-state index in [-0.39, 0.29) is 11.5 Å². The molecule has 0 aromatic heterocycles. The molecule has 2 rings (SSSR count). The van der Waals surface area contributed by atoms with E-state index in [1.54, 1.807) is 0 Å². The third kappa shape index (κ3) is 2.78. The molecule has 0 saturated carbocycles. The molecule has 0 N–H and O–H groups in total. The van der Waals surface area contributed by atoms with Gasteiger partial charge < -0.3 is 0 Å². The van der Waals surface area contributed by atoms with Crippen LogP contribution in [0.2, 0.25) is 0 Å². The Kier molecular flexibility index (Phi) is 3.83. The number of nitrogens with zero attached hydrogens (tertiary/aromatic N) is 2. The van der Waals surface area contributed by atoms with Gasteiger partial charge >= 0.3 is 0 Å². The Morgan fingerprint density at radius 2 is 1.72 bits per heavy atom. The molecule has 0 amide bonds. The highest BCUT2D eigenvalue weighted by Gasteiger charge is 2.36. The molecule has 1 aromatic carbocycles. The van der Waals surface area contributed by atoms with Crippen molar-refractivity contribution >= 4 is 16.8 Å². The fourth-order valence-corrected chi connectivity index (χ4v) is 3.36. The molecule has 0 aliphatic carbocycles. The highest BCUT2D eigenvalue weighted by molar-refractivity contribution is 8.14. The van der Waals surface area contributed by atoms with Gasteiger partial charge in [-0.2, -0.15) is 0 Å². The van der Waals surface area contributed by atoms with E-state index in [1.165, 1.54) is 10.6 Å². The summed E-state index contributed by atoms with van der Waals surface area (Å²) in [6, 6.07) is 10.9. The molecule has 0 fully saturated rings. The summed E-state index contributed by atoms with van der Waals surface area (Å²) in [4.78, 5) is 7.24. The molecule has 3 heteroatoms. The quantitative estimate of drug-likeness (QED) is 0.805. The molecule has 0 saturated heterocycles. The van der Waals surface area contributed by atoms with Crippen molar-refractivity contribution in [3.8, 4) is 0 Å². The average Bonchev–Trinajstić information content (AvgIpc) is 2.74. The Hall–Kier alpha value is -0.800. The van der Waals surface area contributed by atoms with Crippen LogP contribution in [-0.2, 0) is 0 Å². The number of benzene rings is 1. The van der Waals surface area contributed by atoms with E-state index >= 15 is 0 Å². The van der Waals surface area contributed by atoms with Gasteiger partial charge in [-0.3, -0.25) is 9.89 Å². The van der Waals surface area contributed by atoms with Crippen molar-refractivity contribution < 1.29 is 0 Å². The third-order valence-electron chi connectivity index (χ3n) is 3.05. The normalized spacial score (nSPS) is 24.4. The molecule has 0 bridgehead atoms. The third-order valence-corrected chi connectivity index (χ3v) is 4.91. The first-order valence-electron chi connectivity index (χ1n) is 6.36. The van der Waals surface area contributed by atoms with Crippen molar-refractivity contribution in [2.24, 2.45) is 10.4 Å². The molecule has 2 nitrogen and oxygen atoms in total. The predicted octanol–water partition coefficient (Wildman–Crippen LogP) is 3.81. The summed E-state index contributed by atoms with van der Waals surface area (Å²) in [6.45, 7) is 6.71. The fourth-order valence-electron chi connectivity index (χ4n) is 2.05. The van der Waals surface area contributed by atoms with Gasteiger partial charge in [-0.15, -0.1) is 0 Å². The lowest BCUT2D eigenvalue weighted by atomic mass is 9.98. The molecule has 18 heavy (non-hydrogen) atoms. The van der Waals surface area contributed by atoms with Gasteiger partial charge in [0, 0.05) is 5.41 Å². The minimum atomic E-state index is 0.141. The van der Waals surface area contributed by atoms with Crippen LogP contribution in [0.1, 0.15) is 32.4 Å². The standard InChI is InChI=1S/C15H22N2S/c1-15(2,3)14-16-12(13(18-14)17(4)5)11-9-7-6-8-10-11/h6-10,12-13H,1-5H3/t12-,13+/m0/s1. The lowest BCUT2D eigenvalue weighted by Crippen LogP contribution is -2.28. The lowest BCUT2D eigenvalue weighted by molar-refractivity contribution is 0.349. The summed E-state index contributed by atoms with van der Waals surface area (Å²) in [5, 5.41) is 1.66. The van der Waals surface area contributed by atoms with Crippen molar-refractivity contribution in [3.05, 3.63) is 35.9 Å². The van der Waals surface area contributed by atoms with Crippen molar-refractivity contribution in [1.82, 2.24) is 4.90 Å². The first-order valence-corrected chi connectivity index (χ1v) is 7.24. The number of aliphatic imine (C=N–C) groups is 1. The maximum atomic E-state index is 4.97. The zero-order chi connectivity index (χ0) is 13.3. The molecular formula is C15H22N2S. The molecule has 2 atom stereocenters. The van der Waals surface area contributed by atoms with E-state index < -0.39 is 0 Å². The van der Waals surface area contributed by atoms with Crippen LogP contribution in [0.15, 0.2) is 35.3 Å². The lowest BCUT2D eigenvalue weighted by Gasteiger charge is -2.25. The second-order valence-corrected chi connectivity index (χ2v) is 7.12. The van der Waals surface area contributed by atoms with Crippen molar-refractivity contribution in [2.45, 2.75) is 32.2 Å². The Bertz CT molecular complexity index is 432. The van der Waals surface area contributed by atoms with Crippen LogP contribution in [0.3, 0.4) is 0 Å². The minimum Gasteiger partial charge on any atom is -0.295 e. The van der Waals surface area contributed by atoms with E-state index in [0.29, 0.717) is 5.37 Å². The highest BCUT2D eigenvalue weighted by atomic mass is 32.2. The first-order chi connectivity index (χ1) is 8.39. The number of thioether (sulfide) groups is 1. The summed E-state index contributed by atoms with van der Waals surface area (Å²) >= 11 is 1.90. The number of likely N-dealkylation sites (N-methyl/N-ethyl adjacent to an activating group) is 1. The smallest absolute Gasteiger partial charge is 0.101 e. The Morgan fingerprint density at radius 1 is 1.11 bits per heavy atom. The number of rotatable bonds is 2. The van der Waals surface area contributed by atoms with Gasteiger partial charge in [-0.05, 0) is 19.7 Å². The van der Waals surface area contributed by atoms with Gasteiger partial charge in [-0.25, -0.2) is 0 Å². The zero-order valence-electron chi connectivity index (χ0n) is 11.8. The summed E-state index contributed by atoms with van der Waals surface area (Å²) < 4.78 is 0. The summed E-state index contributed by atoms with van der Waals surface area (Å²) in [5.41, 5.74) is 1.45. The van der Waals surface area contributed by atoms with Gasteiger partial charge in [0.25, 0.3) is 0 Å². The first kappa shape index (κ1) is 13.6. The number of hydrogen-bond acceptors (Lipinski definition) is 3. The van der Waals surface area contributed by atoms with Crippen LogP contribution in [-0.4, -0.2) is 29.4 Å². The van der Waals surface area contributed by atoms with Gasteiger partial charge in [0.2, 0.25) is 0 Å². The number of hydrogen-bond donors (Lipinski definition) is 0. The largest absolute Gasteiger partial charge is 0.295 e. The van der Waals surface area contributed by atoms with Crippen LogP contribution in [0.5, 0.6) is 0 Å². The van der Waals surface area contributed by atoms with Crippen molar-refractivity contribution in [1.29, 1.82) is 0 Å². The van der Waals surface area contributed by atoms with Crippen molar-refractivity contribution in [3.63, 3.8) is 0 Å². The second kappa shape index (κ2) is 5.06. The summed E-state index contributed by atoms with van der Waals surface area (Å²) in [7, 11) is 4.27. The molecule has 1 aliphatic rings. The van der Waals surface area contributed by atoms with Gasteiger partial charge in [-0.1, -0.05) is 62.9 Å². The van der Waals surface area contributed by atoms with E-state index in [4.69, 9.17) is 4.99 Å². The van der Waals surface area contributed by atoms with E-state index in [2.05, 4.69) is 70.1 Å². The van der Waals surface area contributed by atoms with Gasteiger partial charge in [0.15, 0.2) is 0 Å². The maximum Gasteiger partial charge on any atom is 0.101 e. The second-order valence-electron chi connectivity index (χ2n) is 6.01. The summed E-state index contributed by atoms with van der Waals surface area (Å²) in [6.07, 6.45) is 0. The molecule has 0 unspecified atom stereocenters. The van der Waals surface area contributed by atoms with Crippen LogP contribution in [0.4, 0.5) is 0 Å². The molecule has 0 radical (unpaired) electrons. The van der Waals surface area contributed by atoms with Gasteiger partial charge in [0.05, 0.1) is 10.4 Å². The van der Waals surface area contributed by atoms with Crippen LogP contribution in [0.25, 0.3) is 0 Å². The molecule has 1 heterocycles. The summed E-state index contributed by atoms with van der Waals surface area (Å²) in [5.74, 6) is 0. The van der Waals surface area contributed by atoms with Crippen LogP contribution >= 0.6 is 11.8 Å². The monoisotopic (exact) mass is 262 g/mol. The van der Waals surface area contributed by atoms with E-state index in [1.807, 2.05) is 11.8 Å². The Balaban J connectivity index is 2.33. The fraction of sp³-hybridized carbons (Fsp3) is 0.533. The SMILES string of the molecule is CN(C)[C@@H]1SC(C(C)(C)C)=N[C@H]1c1ccccc1. The predicted molar refractivity (Wildman–Crippen MR) is 81.1 cm³/mol. The van der Waals surface area contributed by atoms with Crippen molar-refractivity contribution in [2.75, 3.05) is 14.1 Å². The van der Waals surface area contributed by atoms with Crippen LogP contribution in [0, 0.1) is 5.41 Å².